The summed E-state index contributed by atoms with van der Waals surface area (Å²) in [4.78, 5) is 16.5. The normalized spacial score (nSPS) is 19.2. The van der Waals surface area contributed by atoms with Crippen molar-refractivity contribution in [3.8, 4) is 11.6 Å². The monoisotopic (exact) mass is 369 g/mol. The molecule has 0 radical (unpaired) electrons. The number of nitrogens with zero attached hydrogens (tertiary/aromatic N) is 1. The second-order valence-electron chi connectivity index (χ2n) is 6.82. The highest BCUT2D eigenvalue weighted by molar-refractivity contribution is 5.89. The van der Waals surface area contributed by atoms with Crippen LogP contribution < -0.4 is 20.1 Å². The zero-order chi connectivity index (χ0) is 19.1. The molecule has 27 heavy (non-hydrogen) atoms. The van der Waals surface area contributed by atoms with Crippen LogP contribution in [-0.2, 0) is 0 Å². The Balaban J connectivity index is 1.40. The Morgan fingerprint density at radius 3 is 2.48 bits per heavy atom. The summed E-state index contributed by atoms with van der Waals surface area (Å²) in [5.41, 5.74) is 1.87. The highest BCUT2D eigenvalue weighted by Gasteiger charge is 2.24. The number of hydrogen-bond acceptors (Lipinski definition) is 4. The van der Waals surface area contributed by atoms with E-state index in [-0.39, 0.29) is 18.2 Å². The third-order valence-corrected chi connectivity index (χ3v) is 4.60. The highest BCUT2D eigenvalue weighted by atomic mass is 16.5. The van der Waals surface area contributed by atoms with Crippen LogP contribution in [0, 0.1) is 6.92 Å². The Labute approximate surface area is 160 Å². The van der Waals surface area contributed by atoms with E-state index < -0.39 is 0 Å². The number of nitrogens with one attached hydrogen (secondary N) is 2. The minimum atomic E-state index is -0.177. The van der Waals surface area contributed by atoms with Gasteiger partial charge in [0.25, 0.3) is 0 Å². The predicted molar refractivity (Wildman–Crippen MR) is 105 cm³/mol. The van der Waals surface area contributed by atoms with E-state index in [9.17, 15) is 4.79 Å². The number of benzene rings is 1. The molecule has 6 heteroatoms. The summed E-state index contributed by atoms with van der Waals surface area (Å²) in [5.74, 6) is 1.47. The lowest BCUT2D eigenvalue weighted by Gasteiger charge is -2.29. The van der Waals surface area contributed by atoms with Gasteiger partial charge in [0, 0.05) is 24.0 Å². The number of carbonyl (C=O) groups is 1. The number of carbonyl (C=O) groups excluding carboxylic acids is 1. The van der Waals surface area contributed by atoms with Gasteiger partial charge in [0.05, 0.1) is 6.61 Å². The van der Waals surface area contributed by atoms with Crippen LogP contribution in [-0.4, -0.2) is 29.8 Å². The number of aryl methyl sites for hydroxylation is 1. The second kappa shape index (κ2) is 9.26. The topological polar surface area (TPSA) is 72.5 Å². The first-order chi connectivity index (χ1) is 13.1. The van der Waals surface area contributed by atoms with Crippen molar-refractivity contribution >= 4 is 11.7 Å². The van der Waals surface area contributed by atoms with E-state index in [0.29, 0.717) is 12.5 Å². The Morgan fingerprint density at radius 1 is 1.11 bits per heavy atom. The van der Waals surface area contributed by atoms with Gasteiger partial charge in [-0.2, -0.15) is 0 Å². The van der Waals surface area contributed by atoms with E-state index >= 15 is 0 Å². The fourth-order valence-electron chi connectivity index (χ4n) is 3.17. The van der Waals surface area contributed by atoms with E-state index in [0.717, 1.165) is 42.7 Å². The first-order valence-corrected chi connectivity index (χ1v) is 9.52. The number of pyridine rings is 1. The zero-order valence-corrected chi connectivity index (χ0v) is 15.9. The minimum Gasteiger partial charge on any atom is -0.494 e. The standard InChI is InChI=1S/C21H27N3O3/c1-3-26-18-9-5-16(6-10-18)23-21(25)24-17-7-11-19(12-8-17)27-20-13-4-15(2)14-22-20/h4-6,9-10,13-14,17,19H,3,7-8,11-12H2,1-2H3,(H2,23,24,25). The SMILES string of the molecule is CCOc1ccc(NC(=O)NC2CCC(Oc3ccc(C)cn3)CC2)cc1. The van der Waals surface area contributed by atoms with Crippen LogP contribution in [0.3, 0.4) is 0 Å². The Morgan fingerprint density at radius 2 is 1.85 bits per heavy atom. The molecule has 1 aliphatic rings. The van der Waals surface area contributed by atoms with Gasteiger partial charge in [0.1, 0.15) is 11.9 Å². The summed E-state index contributed by atoms with van der Waals surface area (Å²) in [7, 11) is 0. The first kappa shape index (κ1) is 19.0. The van der Waals surface area contributed by atoms with Gasteiger partial charge in [-0.3, -0.25) is 0 Å². The Kier molecular flexibility index (Phi) is 6.52. The van der Waals surface area contributed by atoms with Crippen molar-refractivity contribution in [3.05, 3.63) is 48.2 Å². The lowest BCUT2D eigenvalue weighted by atomic mass is 9.93. The Hall–Kier alpha value is -2.76. The average molecular weight is 369 g/mol. The largest absolute Gasteiger partial charge is 0.494 e. The molecule has 1 heterocycles. The van der Waals surface area contributed by atoms with Crippen LogP contribution in [0.2, 0.25) is 0 Å². The van der Waals surface area contributed by atoms with Crippen molar-refractivity contribution in [2.24, 2.45) is 0 Å². The molecule has 3 rings (SSSR count). The van der Waals surface area contributed by atoms with E-state index in [1.165, 1.54) is 0 Å². The van der Waals surface area contributed by atoms with Crippen molar-refractivity contribution < 1.29 is 14.3 Å². The zero-order valence-electron chi connectivity index (χ0n) is 15.9. The van der Waals surface area contributed by atoms with Crippen LogP contribution in [0.4, 0.5) is 10.5 Å². The van der Waals surface area contributed by atoms with Crippen molar-refractivity contribution in [2.75, 3.05) is 11.9 Å². The summed E-state index contributed by atoms with van der Waals surface area (Å²) >= 11 is 0. The van der Waals surface area contributed by atoms with Crippen LogP contribution in [0.25, 0.3) is 0 Å². The van der Waals surface area contributed by atoms with Gasteiger partial charge >= 0.3 is 6.03 Å². The van der Waals surface area contributed by atoms with Crippen LogP contribution in [0.1, 0.15) is 38.2 Å². The number of anilines is 1. The molecule has 1 aromatic heterocycles. The summed E-state index contributed by atoms with van der Waals surface area (Å²) in [5, 5.41) is 5.91. The molecule has 0 saturated heterocycles. The molecular weight excluding hydrogens is 342 g/mol. The number of amides is 2. The molecule has 0 unspecified atom stereocenters. The summed E-state index contributed by atoms with van der Waals surface area (Å²) < 4.78 is 11.3. The fraction of sp³-hybridized carbons (Fsp3) is 0.429. The molecule has 1 aromatic carbocycles. The summed E-state index contributed by atoms with van der Waals surface area (Å²) in [6.45, 7) is 4.57. The van der Waals surface area contributed by atoms with Gasteiger partial charge in [-0.25, -0.2) is 9.78 Å². The lowest BCUT2D eigenvalue weighted by Crippen LogP contribution is -2.41. The molecule has 0 spiro atoms. The molecule has 144 valence electrons. The molecule has 2 amide bonds. The fourth-order valence-corrected chi connectivity index (χ4v) is 3.17. The number of urea groups is 1. The first-order valence-electron chi connectivity index (χ1n) is 9.52. The van der Waals surface area contributed by atoms with E-state index in [1.807, 2.05) is 56.4 Å². The van der Waals surface area contributed by atoms with Crippen LogP contribution in [0.15, 0.2) is 42.6 Å². The highest BCUT2D eigenvalue weighted by Crippen LogP contribution is 2.23. The third kappa shape index (κ3) is 5.88. The van der Waals surface area contributed by atoms with Crippen molar-refractivity contribution in [3.63, 3.8) is 0 Å². The van der Waals surface area contributed by atoms with Gasteiger partial charge in [-0.15, -0.1) is 0 Å². The van der Waals surface area contributed by atoms with Crippen molar-refractivity contribution in [2.45, 2.75) is 51.7 Å². The van der Waals surface area contributed by atoms with E-state index in [2.05, 4.69) is 15.6 Å². The van der Waals surface area contributed by atoms with Gasteiger partial charge < -0.3 is 20.1 Å². The molecule has 0 aliphatic heterocycles. The van der Waals surface area contributed by atoms with E-state index in [4.69, 9.17) is 9.47 Å². The number of hydrogen-bond donors (Lipinski definition) is 2. The maximum Gasteiger partial charge on any atom is 0.319 e. The summed E-state index contributed by atoms with van der Waals surface area (Å²) in [6.07, 6.45) is 5.58. The predicted octanol–water partition coefficient (Wildman–Crippen LogP) is 4.30. The molecule has 1 fully saturated rings. The van der Waals surface area contributed by atoms with Gasteiger partial charge in [-0.1, -0.05) is 6.07 Å². The Bertz CT molecular complexity index is 723. The van der Waals surface area contributed by atoms with Gasteiger partial charge in [0.2, 0.25) is 5.88 Å². The molecule has 1 saturated carbocycles. The molecule has 6 nitrogen and oxygen atoms in total. The van der Waals surface area contributed by atoms with E-state index in [1.54, 1.807) is 0 Å². The van der Waals surface area contributed by atoms with Crippen LogP contribution in [0.5, 0.6) is 11.6 Å². The quantitative estimate of drug-likeness (QED) is 0.796. The number of aromatic nitrogens is 1. The molecule has 0 atom stereocenters. The second-order valence-corrected chi connectivity index (χ2v) is 6.82. The minimum absolute atomic E-state index is 0.160. The molecule has 2 N–H and O–H groups in total. The average Bonchev–Trinajstić information content (AvgIpc) is 2.67. The van der Waals surface area contributed by atoms with Crippen molar-refractivity contribution in [1.29, 1.82) is 0 Å². The van der Waals surface area contributed by atoms with Crippen LogP contribution >= 0.6 is 0 Å². The molecule has 0 bridgehead atoms. The number of rotatable bonds is 6. The smallest absolute Gasteiger partial charge is 0.319 e. The number of ether oxygens (including phenoxy) is 2. The van der Waals surface area contributed by atoms with Gasteiger partial charge in [0.15, 0.2) is 0 Å². The third-order valence-electron chi connectivity index (χ3n) is 4.60. The molecular formula is C21H27N3O3. The van der Waals surface area contributed by atoms with Crippen molar-refractivity contribution in [1.82, 2.24) is 10.3 Å². The van der Waals surface area contributed by atoms with Gasteiger partial charge in [-0.05, 0) is 69.4 Å². The maximum atomic E-state index is 12.2. The molecule has 2 aromatic rings. The summed E-state index contributed by atoms with van der Waals surface area (Å²) in [6, 6.07) is 11.3. The maximum absolute atomic E-state index is 12.2. The lowest BCUT2D eigenvalue weighted by molar-refractivity contribution is 0.135. The molecule has 1 aliphatic carbocycles.